The lowest BCUT2D eigenvalue weighted by Crippen LogP contribution is -2.57. The fraction of sp³-hybridized carbons (Fsp3) is 0.818. The van der Waals surface area contributed by atoms with Crippen molar-refractivity contribution in [3.05, 3.63) is 0 Å². The molecule has 0 N–H and O–H groups in total. The Bertz CT molecular complexity index is 304. The van der Waals surface area contributed by atoms with Gasteiger partial charge in [0.2, 0.25) is 0 Å². The minimum Gasteiger partial charge on any atom is -0.456 e. The first-order chi connectivity index (χ1) is 8.49. The summed E-state index contributed by atoms with van der Waals surface area (Å²) in [6.45, 7) is 2.62. The van der Waals surface area contributed by atoms with Crippen molar-refractivity contribution in [1.29, 1.82) is 0 Å². The van der Waals surface area contributed by atoms with Crippen LogP contribution in [-0.4, -0.2) is 57.4 Å². The number of ether oxygens (including phenoxy) is 5. The normalized spacial score (nSPS) is 31.8. The number of hydrogen-bond acceptors (Lipinski definition) is 7. The molecule has 1 rings (SSSR count). The molecule has 0 spiro atoms. The molecule has 1 saturated heterocycles. The van der Waals surface area contributed by atoms with Crippen molar-refractivity contribution in [2.24, 2.45) is 0 Å². The van der Waals surface area contributed by atoms with Gasteiger partial charge in [-0.1, -0.05) is 0 Å². The molecule has 1 heterocycles. The molecule has 0 aromatic carbocycles. The van der Waals surface area contributed by atoms with Gasteiger partial charge in [0.25, 0.3) is 0 Å². The summed E-state index contributed by atoms with van der Waals surface area (Å²) < 4.78 is 25.8. The lowest BCUT2D eigenvalue weighted by Gasteiger charge is -2.39. The van der Waals surface area contributed by atoms with Gasteiger partial charge in [-0.25, -0.2) is 0 Å². The Labute approximate surface area is 105 Å². The Balaban J connectivity index is 2.84. The van der Waals surface area contributed by atoms with Crippen LogP contribution in [0.25, 0.3) is 0 Å². The Morgan fingerprint density at radius 1 is 1.00 bits per heavy atom. The molecule has 18 heavy (non-hydrogen) atoms. The van der Waals surface area contributed by atoms with Crippen molar-refractivity contribution in [3.63, 3.8) is 0 Å². The van der Waals surface area contributed by atoms with Crippen LogP contribution in [0.2, 0.25) is 0 Å². The quantitative estimate of drug-likeness (QED) is 0.653. The maximum atomic E-state index is 11.1. The number of hydrogen-bond donors (Lipinski definition) is 0. The SMILES string of the molecule is CO[C@H]1OC[C@@H](OC(C)=O)[C@H](OC(C)=O)[C@H]1OC. The molecule has 1 aliphatic heterocycles. The first-order valence-electron chi connectivity index (χ1n) is 5.51. The summed E-state index contributed by atoms with van der Waals surface area (Å²) in [5.74, 6) is -0.970. The van der Waals surface area contributed by atoms with E-state index in [1.807, 2.05) is 0 Å². The van der Waals surface area contributed by atoms with Crippen LogP contribution in [0.5, 0.6) is 0 Å². The van der Waals surface area contributed by atoms with Crippen molar-refractivity contribution in [1.82, 2.24) is 0 Å². The van der Waals surface area contributed by atoms with E-state index in [-0.39, 0.29) is 6.61 Å². The van der Waals surface area contributed by atoms with Crippen molar-refractivity contribution >= 4 is 11.9 Å². The van der Waals surface area contributed by atoms with Gasteiger partial charge in [0.15, 0.2) is 18.5 Å². The molecule has 104 valence electrons. The Kier molecular flexibility index (Phi) is 5.52. The number of carbonyl (C=O) groups is 2. The molecule has 1 aliphatic rings. The average molecular weight is 262 g/mol. The zero-order valence-electron chi connectivity index (χ0n) is 10.9. The number of esters is 2. The molecule has 0 aromatic heterocycles. The average Bonchev–Trinajstić information content (AvgIpc) is 2.29. The second kappa shape index (κ2) is 6.67. The van der Waals surface area contributed by atoms with E-state index in [4.69, 9.17) is 23.7 Å². The van der Waals surface area contributed by atoms with Crippen molar-refractivity contribution in [2.75, 3.05) is 20.8 Å². The van der Waals surface area contributed by atoms with Gasteiger partial charge in [0.1, 0.15) is 6.10 Å². The van der Waals surface area contributed by atoms with Crippen LogP contribution in [0, 0.1) is 0 Å². The summed E-state index contributed by atoms with van der Waals surface area (Å²) >= 11 is 0. The minimum atomic E-state index is -0.755. The molecule has 4 atom stereocenters. The van der Waals surface area contributed by atoms with Crippen molar-refractivity contribution in [2.45, 2.75) is 38.4 Å². The van der Waals surface area contributed by atoms with Gasteiger partial charge in [-0.3, -0.25) is 9.59 Å². The Morgan fingerprint density at radius 2 is 1.61 bits per heavy atom. The van der Waals surface area contributed by atoms with Gasteiger partial charge in [-0.2, -0.15) is 0 Å². The summed E-state index contributed by atoms with van der Waals surface area (Å²) in [7, 11) is 2.89. The first kappa shape index (κ1) is 14.9. The lowest BCUT2D eigenvalue weighted by atomic mass is 10.0. The Hall–Kier alpha value is -1.18. The van der Waals surface area contributed by atoms with Gasteiger partial charge >= 0.3 is 11.9 Å². The topological polar surface area (TPSA) is 80.3 Å². The minimum absolute atomic E-state index is 0.0793. The van der Waals surface area contributed by atoms with E-state index in [1.165, 1.54) is 28.1 Å². The number of carbonyl (C=O) groups excluding carboxylic acids is 2. The van der Waals surface area contributed by atoms with Crippen molar-refractivity contribution < 1.29 is 33.3 Å². The van der Waals surface area contributed by atoms with Gasteiger partial charge in [0.05, 0.1) is 6.61 Å². The molecule has 0 unspecified atom stereocenters. The van der Waals surface area contributed by atoms with Crippen LogP contribution in [0.15, 0.2) is 0 Å². The van der Waals surface area contributed by atoms with E-state index in [0.29, 0.717) is 0 Å². The van der Waals surface area contributed by atoms with Crippen LogP contribution in [0.3, 0.4) is 0 Å². The largest absolute Gasteiger partial charge is 0.456 e. The predicted molar refractivity (Wildman–Crippen MR) is 58.7 cm³/mol. The summed E-state index contributed by atoms with van der Waals surface area (Å²) in [4.78, 5) is 22.1. The van der Waals surface area contributed by atoms with E-state index in [0.717, 1.165) is 0 Å². The van der Waals surface area contributed by atoms with E-state index < -0.39 is 36.5 Å². The fourth-order valence-electron chi connectivity index (χ4n) is 1.84. The molecule has 0 amide bonds. The lowest BCUT2D eigenvalue weighted by molar-refractivity contribution is -0.275. The maximum Gasteiger partial charge on any atom is 0.303 e. The highest BCUT2D eigenvalue weighted by atomic mass is 16.7. The second-order valence-corrected chi connectivity index (χ2v) is 3.86. The van der Waals surface area contributed by atoms with Crippen LogP contribution in [0.1, 0.15) is 13.8 Å². The molecule has 0 aromatic rings. The first-order valence-corrected chi connectivity index (χ1v) is 5.51. The molecule has 0 saturated carbocycles. The molecule has 0 aliphatic carbocycles. The molecule has 0 radical (unpaired) electrons. The van der Waals surface area contributed by atoms with Gasteiger partial charge < -0.3 is 23.7 Å². The fourth-order valence-corrected chi connectivity index (χ4v) is 1.84. The molecule has 7 heteroatoms. The summed E-state index contributed by atoms with van der Waals surface area (Å²) in [6, 6.07) is 0. The van der Waals surface area contributed by atoms with Crippen LogP contribution in [0.4, 0.5) is 0 Å². The van der Waals surface area contributed by atoms with Crippen LogP contribution >= 0.6 is 0 Å². The van der Waals surface area contributed by atoms with Gasteiger partial charge in [0, 0.05) is 28.1 Å². The van der Waals surface area contributed by atoms with E-state index in [2.05, 4.69) is 0 Å². The van der Waals surface area contributed by atoms with Crippen molar-refractivity contribution in [3.8, 4) is 0 Å². The highest BCUT2D eigenvalue weighted by Gasteiger charge is 2.45. The molecule has 7 nitrogen and oxygen atoms in total. The van der Waals surface area contributed by atoms with E-state index >= 15 is 0 Å². The molecular weight excluding hydrogens is 244 g/mol. The summed E-state index contributed by atoms with van der Waals surface area (Å²) in [5.41, 5.74) is 0. The molecular formula is C11H18O7. The highest BCUT2D eigenvalue weighted by molar-refractivity contribution is 5.67. The monoisotopic (exact) mass is 262 g/mol. The van der Waals surface area contributed by atoms with Gasteiger partial charge in [-0.15, -0.1) is 0 Å². The summed E-state index contributed by atoms with van der Waals surface area (Å²) in [5, 5.41) is 0. The second-order valence-electron chi connectivity index (χ2n) is 3.86. The van der Waals surface area contributed by atoms with E-state index in [1.54, 1.807) is 0 Å². The third kappa shape index (κ3) is 3.66. The number of rotatable bonds is 4. The predicted octanol–water partition coefficient (Wildman–Crippen LogP) is -0.133. The van der Waals surface area contributed by atoms with Gasteiger partial charge in [-0.05, 0) is 0 Å². The standard InChI is InChI=1S/C11H18O7/c1-6(12)17-8-5-16-11(15-4)10(14-3)9(8)18-7(2)13/h8-11H,5H2,1-4H3/t8-,9+,10-,11+/m1/s1. The zero-order valence-corrected chi connectivity index (χ0v) is 10.9. The maximum absolute atomic E-state index is 11.1. The summed E-state index contributed by atoms with van der Waals surface area (Å²) in [6.07, 6.45) is -2.79. The third-order valence-corrected chi connectivity index (χ3v) is 2.51. The smallest absolute Gasteiger partial charge is 0.303 e. The van der Waals surface area contributed by atoms with E-state index in [9.17, 15) is 9.59 Å². The highest BCUT2D eigenvalue weighted by Crippen LogP contribution is 2.23. The van der Waals surface area contributed by atoms with Crippen LogP contribution in [-0.2, 0) is 33.3 Å². The third-order valence-electron chi connectivity index (χ3n) is 2.51. The zero-order chi connectivity index (χ0) is 13.7. The molecule has 1 fully saturated rings. The van der Waals surface area contributed by atoms with Crippen LogP contribution < -0.4 is 0 Å². The Morgan fingerprint density at radius 3 is 2.06 bits per heavy atom. The molecule has 0 bridgehead atoms. The number of methoxy groups -OCH3 is 2.